The summed E-state index contributed by atoms with van der Waals surface area (Å²) in [6.07, 6.45) is 2.69. The summed E-state index contributed by atoms with van der Waals surface area (Å²) in [5, 5.41) is 2.87. The number of benzene rings is 1. The molecule has 0 radical (unpaired) electrons. The van der Waals surface area contributed by atoms with Crippen LogP contribution in [0.2, 0.25) is 0 Å². The number of hydrogen-bond acceptors (Lipinski definition) is 4. The lowest BCUT2D eigenvalue weighted by molar-refractivity contribution is 0.0937. The maximum atomic E-state index is 12.5. The Kier molecular flexibility index (Phi) is 4.57. The van der Waals surface area contributed by atoms with Crippen molar-refractivity contribution in [2.45, 2.75) is 19.4 Å². The molecule has 0 aliphatic carbocycles. The predicted molar refractivity (Wildman–Crippen MR) is 90.2 cm³/mol. The first-order chi connectivity index (χ1) is 11.2. The van der Waals surface area contributed by atoms with E-state index in [1.165, 1.54) is 5.56 Å². The van der Waals surface area contributed by atoms with Gasteiger partial charge in [0.05, 0.1) is 12.2 Å². The summed E-state index contributed by atoms with van der Waals surface area (Å²) < 4.78 is 4.98. The van der Waals surface area contributed by atoms with E-state index in [0.717, 1.165) is 12.1 Å². The van der Waals surface area contributed by atoms with Gasteiger partial charge in [-0.1, -0.05) is 18.2 Å². The fourth-order valence-electron chi connectivity index (χ4n) is 3.02. The summed E-state index contributed by atoms with van der Waals surface area (Å²) in [7, 11) is 1.62. The van der Waals surface area contributed by atoms with E-state index in [2.05, 4.69) is 34.3 Å². The third-order valence-corrected chi connectivity index (χ3v) is 4.06. The number of anilines is 2. The SMILES string of the molecule is COCCNC(=O)c1cccnc1N1c2ccccc2CC1C. The Hall–Kier alpha value is -2.40. The molecule has 5 heteroatoms. The van der Waals surface area contributed by atoms with E-state index < -0.39 is 0 Å². The van der Waals surface area contributed by atoms with Crippen molar-refractivity contribution in [3.05, 3.63) is 53.7 Å². The van der Waals surface area contributed by atoms with Crippen LogP contribution in [0.4, 0.5) is 11.5 Å². The molecule has 3 rings (SSSR count). The predicted octanol–water partition coefficient (Wildman–Crippen LogP) is 2.54. The summed E-state index contributed by atoms with van der Waals surface area (Å²) in [5.41, 5.74) is 3.01. The number of nitrogens with zero attached hydrogens (tertiary/aromatic N) is 2. The maximum Gasteiger partial charge on any atom is 0.255 e. The van der Waals surface area contributed by atoms with Crippen LogP contribution in [0.15, 0.2) is 42.6 Å². The Balaban J connectivity index is 1.93. The zero-order valence-corrected chi connectivity index (χ0v) is 13.5. The molecule has 0 saturated heterocycles. The van der Waals surface area contributed by atoms with E-state index in [9.17, 15) is 4.79 Å². The minimum atomic E-state index is -0.123. The van der Waals surface area contributed by atoms with Gasteiger partial charge in [-0.15, -0.1) is 0 Å². The number of pyridine rings is 1. The monoisotopic (exact) mass is 311 g/mol. The number of nitrogens with one attached hydrogen (secondary N) is 1. The lowest BCUT2D eigenvalue weighted by atomic mass is 10.1. The van der Waals surface area contributed by atoms with Crippen LogP contribution < -0.4 is 10.2 Å². The molecule has 5 nitrogen and oxygen atoms in total. The van der Waals surface area contributed by atoms with E-state index in [4.69, 9.17) is 4.74 Å². The normalized spacial score (nSPS) is 16.3. The van der Waals surface area contributed by atoms with Gasteiger partial charge in [-0.25, -0.2) is 4.98 Å². The van der Waals surface area contributed by atoms with Gasteiger partial charge >= 0.3 is 0 Å². The topological polar surface area (TPSA) is 54.5 Å². The molecule has 2 aromatic rings. The van der Waals surface area contributed by atoms with Gasteiger partial charge in [0.2, 0.25) is 0 Å². The summed E-state index contributed by atoms with van der Waals surface area (Å²) in [4.78, 5) is 19.1. The Morgan fingerprint density at radius 2 is 2.17 bits per heavy atom. The van der Waals surface area contributed by atoms with Crippen molar-refractivity contribution >= 4 is 17.4 Å². The highest BCUT2D eigenvalue weighted by Gasteiger charge is 2.30. The third-order valence-electron chi connectivity index (χ3n) is 4.06. The van der Waals surface area contributed by atoms with E-state index in [1.807, 2.05) is 18.2 Å². The average molecular weight is 311 g/mol. The van der Waals surface area contributed by atoms with Crippen LogP contribution in [0.25, 0.3) is 0 Å². The molecule has 0 spiro atoms. The molecule has 1 N–H and O–H groups in total. The Morgan fingerprint density at radius 3 is 3.00 bits per heavy atom. The molecule has 1 unspecified atom stereocenters. The van der Waals surface area contributed by atoms with Crippen molar-refractivity contribution in [3.63, 3.8) is 0 Å². The Bertz CT molecular complexity index is 702. The van der Waals surface area contributed by atoms with Crippen molar-refractivity contribution in [1.29, 1.82) is 0 Å². The van der Waals surface area contributed by atoms with Gasteiger partial charge in [-0.3, -0.25) is 4.79 Å². The number of methoxy groups -OCH3 is 1. The second-order valence-electron chi connectivity index (χ2n) is 5.68. The van der Waals surface area contributed by atoms with Gasteiger partial charge in [0.15, 0.2) is 0 Å². The zero-order chi connectivity index (χ0) is 16.2. The molecule has 120 valence electrons. The van der Waals surface area contributed by atoms with Crippen molar-refractivity contribution in [3.8, 4) is 0 Å². The molecule has 0 fully saturated rings. The highest BCUT2D eigenvalue weighted by atomic mass is 16.5. The zero-order valence-electron chi connectivity index (χ0n) is 13.5. The summed E-state index contributed by atoms with van der Waals surface area (Å²) >= 11 is 0. The number of rotatable bonds is 5. The second-order valence-corrected chi connectivity index (χ2v) is 5.68. The number of hydrogen-bond donors (Lipinski definition) is 1. The van der Waals surface area contributed by atoms with Crippen LogP contribution in [0, 0.1) is 0 Å². The molecule has 0 saturated carbocycles. The number of ether oxygens (including phenoxy) is 1. The van der Waals surface area contributed by atoms with Crippen LogP contribution in [-0.2, 0) is 11.2 Å². The molecule has 1 amide bonds. The lowest BCUT2D eigenvalue weighted by Crippen LogP contribution is -2.31. The average Bonchev–Trinajstić information content (AvgIpc) is 2.90. The largest absolute Gasteiger partial charge is 0.383 e. The van der Waals surface area contributed by atoms with Crippen LogP contribution >= 0.6 is 0 Å². The number of carbonyl (C=O) groups excluding carboxylic acids is 1. The minimum absolute atomic E-state index is 0.123. The first-order valence-corrected chi connectivity index (χ1v) is 7.81. The molecular formula is C18H21N3O2. The molecule has 2 heterocycles. The van der Waals surface area contributed by atoms with Gasteiger partial charge in [0.25, 0.3) is 5.91 Å². The second kappa shape index (κ2) is 6.79. The Morgan fingerprint density at radius 1 is 1.35 bits per heavy atom. The molecular weight excluding hydrogens is 290 g/mol. The number of para-hydroxylation sites is 1. The van der Waals surface area contributed by atoms with Crippen molar-refractivity contribution in [1.82, 2.24) is 10.3 Å². The molecule has 1 aliphatic heterocycles. The molecule has 1 aliphatic rings. The minimum Gasteiger partial charge on any atom is -0.383 e. The van der Waals surface area contributed by atoms with E-state index >= 15 is 0 Å². The molecule has 1 aromatic carbocycles. The standard InChI is InChI=1S/C18H21N3O2/c1-13-12-14-6-3-4-8-16(14)21(13)17-15(7-5-9-19-17)18(22)20-10-11-23-2/h3-9,13H,10-12H2,1-2H3,(H,20,22). The molecule has 0 bridgehead atoms. The van der Waals surface area contributed by atoms with Gasteiger partial charge in [-0.2, -0.15) is 0 Å². The van der Waals surface area contributed by atoms with Crippen LogP contribution in [0.1, 0.15) is 22.8 Å². The van der Waals surface area contributed by atoms with Crippen LogP contribution in [0.5, 0.6) is 0 Å². The summed E-state index contributed by atoms with van der Waals surface area (Å²) in [6.45, 7) is 3.13. The van der Waals surface area contributed by atoms with E-state index in [1.54, 1.807) is 19.4 Å². The molecule has 1 aromatic heterocycles. The Labute approximate surface area is 136 Å². The maximum absolute atomic E-state index is 12.5. The summed E-state index contributed by atoms with van der Waals surface area (Å²) in [6, 6.07) is 12.2. The van der Waals surface area contributed by atoms with Gasteiger partial charge in [0, 0.05) is 31.6 Å². The van der Waals surface area contributed by atoms with Crippen molar-refractivity contribution in [2.75, 3.05) is 25.2 Å². The first kappa shape index (κ1) is 15.5. The van der Waals surface area contributed by atoms with Gasteiger partial charge in [-0.05, 0) is 37.1 Å². The van der Waals surface area contributed by atoms with Crippen LogP contribution in [0.3, 0.4) is 0 Å². The van der Waals surface area contributed by atoms with Crippen molar-refractivity contribution < 1.29 is 9.53 Å². The van der Waals surface area contributed by atoms with Gasteiger partial charge in [0.1, 0.15) is 5.82 Å². The number of aromatic nitrogens is 1. The van der Waals surface area contributed by atoms with Crippen LogP contribution in [-0.4, -0.2) is 37.2 Å². The first-order valence-electron chi connectivity index (χ1n) is 7.81. The quantitative estimate of drug-likeness (QED) is 0.862. The summed E-state index contributed by atoms with van der Waals surface area (Å²) in [5.74, 6) is 0.585. The highest BCUT2D eigenvalue weighted by molar-refractivity contribution is 6.00. The number of amides is 1. The lowest BCUT2D eigenvalue weighted by Gasteiger charge is -2.25. The fourth-order valence-corrected chi connectivity index (χ4v) is 3.02. The molecule has 23 heavy (non-hydrogen) atoms. The third kappa shape index (κ3) is 3.05. The highest BCUT2D eigenvalue weighted by Crippen LogP contribution is 2.38. The number of carbonyl (C=O) groups is 1. The van der Waals surface area contributed by atoms with Crippen molar-refractivity contribution in [2.24, 2.45) is 0 Å². The smallest absolute Gasteiger partial charge is 0.255 e. The fraction of sp³-hybridized carbons (Fsp3) is 0.333. The molecule has 1 atom stereocenters. The van der Waals surface area contributed by atoms with E-state index in [0.29, 0.717) is 24.5 Å². The van der Waals surface area contributed by atoms with Gasteiger partial charge < -0.3 is 15.0 Å². The van der Waals surface area contributed by atoms with E-state index in [-0.39, 0.29) is 11.9 Å². The number of fused-ring (bicyclic) bond motifs is 1.